The van der Waals surface area contributed by atoms with Crippen LogP contribution in [0, 0.1) is 13.8 Å². The molecular weight excluding hydrogens is 448 g/mol. The van der Waals surface area contributed by atoms with Crippen LogP contribution < -0.4 is 22.2 Å². The van der Waals surface area contributed by atoms with Gasteiger partial charge in [0, 0.05) is 21.3 Å². The predicted octanol–water partition coefficient (Wildman–Crippen LogP) is 3.64. The number of allylic oxidation sites excluding steroid dienone is 2. The van der Waals surface area contributed by atoms with Gasteiger partial charge < -0.3 is 12.4 Å². The Morgan fingerprint density at radius 2 is 1.94 bits per heavy atom. The van der Waals surface area contributed by atoms with E-state index in [4.69, 9.17) is 0 Å². The number of hydrogen-bond acceptors (Lipinski definition) is 5. The molecule has 1 aliphatic heterocycles. The zero-order valence-electron chi connectivity index (χ0n) is 18.1. The van der Waals surface area contributed by atoms with Crippen LogP contribution in [-0.2, 0) is 6.42 Å². The molecule has 0 saturated heterocycles. The molecule has 1 aromatic heterocycles. The van der Waals surface area contributed by atoms with Crippen LogP contribution in [-0.4, -0.2) is 10.4 Å². The predicted molar refractivity (Wildman–Crippen MR) is 126 cm³/mol. The van der Waals surface area contributed by atoms with E-state index in [-0.39, 0.29) is 12.4 Å². The number of hydrogen-bond donors (Lipinski definition) is 2. The SMILES string of the molecule is CCCc1c(C)ccc2sc(C=C(C=C3Sc4ccc(C)cc4N3O)CC)[n+](O)c12.[Cl-]. The first kappa shape index (κ1) is 23.7. The minimum atomic E-state index is 0. The molecule has 0 unspecified atom stereocenters. The van der Waals surface area contributed by atoms with Crippen LogP contribution in [0.2, 0.25) is 0 Å². The minimum Gasteiger partial charge on any atom is -1.00 e. The topological polar surface area (TPSA) is 47.6 Å². The molecule has 31 heavy (non-hydrogen) atoms. The van der Waals surface area contributed by atoms with Gasteiger partial charge in [-0.2, -0.15) is 0 Å². The monoisotopic (exact) mass is 474 g/mol. The summed E-state index contributed by atoms with van der Waals surface area (Å²) in [7, 11) is 0. The molecule has 1 aliphatic rings. The quantitative estimate of drug-likeness (QED) is 0.438. The van der Waals surface area contributed by atoms with E-state index in [0.29, 0.717) is 0 Å². The third-order valence-electron chi connectivity index (χ3n) is 5.41. The highest BCUT2D eigenvalue weighted by atomic mass is 35.5. The molecule has 0 saturated carbocycles. The molecule has 0 radical (unpaired) electrons. The Morgan fingerprint density at radius 3 is 2.65 bits per heavy atom. The van der Waals surface area contributed by atoms with Crippen LogP contribution in [0.1, 0.15) is 48.4 Å². The van der Waals surface area contributed by atoms with E-state index in [1.165, 1.54) is 20.9 Å². The number of thiazole rings is 1. The summed E-state index contributed by atoms with van der Waals surface area (Å²) in [4.78, 5) is 1.04. The van der Waals surface area contributed by atoms with Crippen LogP contribution in [0.3, 0.4) is 0 Å². The number of fused-ring (bicyclic) bond motifs is 2. The molecule has 3 aromatic rings. The standard InChI is InChI=1S/C24H27N2O2S2.ClH/c1-5-7-18-16(4)9-11-21-24(18)26(28)23(30-21)14-17(6-2)13-22-25(27)19-12-15(3)8-10-20(19)29-22;/h8-14,27-28H,5-7H2,1-4H3;1H/q+1;/p-1. The maximum absolute atomic E-state index is 10.9. The Balaban J connectivity index is 0.00000272. The third-order valence-corrected chi connectivity index (χ3v) is 7.52. The molecule has 2 aromatic carbocycles. The highest BCUT2D eigenvalue weighted by molar-refractivity contribution is 8.03. The number of halogens is 1. The molecule has 4 rings (SSSR count). The fraction of sp³-hybridized carbons (Fsp3) is 0.292. The highest BCUT2D eigenvalue weighted by Crippen LogP contribution is 2.45. The fourth-order valence-corrected chi connectivity index (χ4v) is 5.82. The van der Waals surface area contributed by atoms with Crippen molar-refractivity contribution in [3.8, 4) is 0 Å². The number of aromatic nitrogens is 1. The van der Waals surface area contributed by atoms with Gasteiger partial charge in [-0.25, -0.2) is 5.06 Å². The number of aryl methyl sites for hydroxylation is 3. The Morgan fingerprint density at radius 1 is 1.16 bits per heavy atom. The van der Waals surface area contributed by atoms with Crippen LogP contribution >= 0.6 is 23.1 Å². The second-order valence-electron chi connectivity index (χ2n) is 7.65. The van der Waals surface area contributed by atoms with Crippen molar-refractivity contribution in [3.63, 3.8) is 0 Å². The minimum absolute atomic E-state index is 0. The largest absolute Gasteiger partial charge is 1.00 e. The fourth-order valence-electron chi connectivity index (χ4n) is 3.76. The molecule has 7 heteroatoms. The van der Waals surface area contributed by atoms with Gasteiger partial charge in [-0.15, -0.1) is 0 Å². The zero-order chi connectivity index (χ0) is 21.4. The van der Waals surface area contributed by atoms with E-state index in [1.807, 2.05) is 31.2 Å². The smallest absolute Gasteiger partial charge is 0.313 e. The van der Waals surface area contributed by atoms with Gasteiger partial charge >= 0.3 is 5.01 Å². The summed E-state index contributed by atoms with van der Waals surface area (Å²) in [6.07, 6.45) is 6.80. The molecule has 4 nitrogen and oxygen atoms in total. The average molecular weight is 475 g/mol. The third kappa shape index (κ3) is 4.48. The van der Waals surface area contributed by atoms with Gasteiger partial charge in [-0.3, -0.25) is 10.4 Å². The first-order valence-corrected chi connectivity index (χ1v) is 11.9. The maximum atomic E-state index is 10.9. The molecular formula is C24H27ClN2O2S2. The Hall–Kier alpha value is -1.99. The molecule has 0 aliphatic carbocycles. The highest BCUT2D eigenvalue weighted by Gasteiger charge is 2.26. The summed E-state index contributed by atoms with van der Waals surface area (Å²) >= 11 is 3.15. The molecule has 0 spiro atoms. The Kier molecular flexibility index (Phi) is 7.37. The lowest BCUT2D eigenvalue weighted by molar-refractivity contribution is -0.882. The maximum Gasteiger partial charge on any atom is 0.313 e. The summed E-state index contributed by atoms with van der Waals surface area (Å²) in [5.74, 6) is 0. The van der Waals surface area contributed by atoms with Crippen LogP contribution in [0.15, 0.2) is 51.9 Å². The number of benzene rings is 2. The summed E-state index contributed by atoms with van der Waals surface area (Å²) in [6, 6.07) is 10.3. The summed E-state index contributed by atoms with van der Waals surface area (Å²) in [6.45, 7) is 8.37. The van der Waals surface area contributed by atoms with Crippen molar-refractivity contribution in [3.05, 3.63) is 68.7 Å². The summed E-state index contributed by atoms with van der Waals surface area (Å²) in [5, 5.41) is 24.4. The number of anilines is 1. The van der Waals surface area contributed by atoms with E-state index >= 15 is 0 Å². The van der Waals surface area contributed by atoms with Gasteiger partial charge in [0.15, 0.2) is 0 Å². The van der Waals surface area contributed by atoms with Crippen molar-refractivity contribution < 1.29 is 27.6 Å². The molecule has 0 fully saturated rings. The first-order valence-electron chi connectivity index (χ1n) is 10.3. The van der Waals surface area contributed by atoms with Crippen molar-refractivity contribution in [1.82, 2.24) is 0 Å². The summed E-state index contributed by atoms with van der Waals surface area (Å²) in [5.41, 5.74) is 6.32. The first-order chi connectivity index (χ1) is 14.4. The molecule has 0 bridgehead atoms. The van der Waals surface area contributed by atoms with Crippen molar-refractivity contribution in [2.24, 2.45) is 0 Å². The number of thioether (sulfide) groups is 1. The van der Waals surface area contributed by atoms with E-state index in [9.17, 15) is 10.4 Å². The molecule has 0 amide bonds. The number of hydroxylamine groups is 1. The van der Waals surface area contributed by atoms with Gasteiger partial charge in [-0.05, 0) is 67.7 Å². The lowest BCUT2D eigenvalue weighted by Crippen LogP contribution is -3.00. The Bertz CT molecular complexity index is 1180. The number of rotatable bonds is 5. The number of nitrogens with zero attached hydrogens (tertiary/aromatic N) is 2. The van der Waals surface area contributed by atoms with Gasteiger partial charge in [-0.1, -0.05) is 55.5 Å². The van der Waals surface area contributed by atoms with Gasteiger partial charge in [0.05, 0.1) is 5.69 Å². The normalized spacial score (nSPS) is 14.9. The molecule has 2 N–H and O–H groups in total. The van der Waals surface area contributed by atoms with E-state index < -0.39 is 0 Å². The van der Waals surface area contributed by atoms with Crippen molar-refractivity contribution in [2.75, 3.05) is 5.06 Å². The van der Waals surface area contributed by atoms with E-state index in [2.05, 4.69) is 39.0 Å². The lowest BCUT2D eigenvalue weighted by Gasteiger charge is -2.11. The Labute approximate surface area is 197 Å². The van der Waals surface area contributed by atoms with E-state index in [1.54, 1.807) is 23.1 Å². The van der Waals surface area contributed by atoms with Gasteiger partial charge in [0.1, 0.15) is 9.73 Å². The summed E-state index contributed by atoms with van der Waals surface area (Å²) < 4.78 is 2.42. The van der Waals surface area contributed by atoms with Crippen molar-refractivity contribution >= 4 is 45.1 Å². The van der Waals surface area contributed by atoms with Crippen LogP contribution in [0.5, 0.6) is 0 Å². The van der Waals surface area contributed by atoms with Crippen LogP contribution in [0.4, 0.5) is 5.69 Å². The zero-order valence-corrected chi connectivity index (χ0v) is 20.5. The molecule has 2 heterocycles. The lowest BCUT2D eigenvalue weighted by atomic mass is 10.0. The van der Waals surface area contributed by atoms with Crippen molar-refractivity contribution in [2.45, 2.75) is 51.9 Å². The van der Waals surface area contributed by atoms with E-state index in [0.717, 1.165) is 61.2 Å². The second-order valence-corrected chi connectivity index (χ2v) is 9.77. The van der Waals surface area contributed by atoms with Gasteiger partial charge in [0.25, 0.3) is 5.52 Å². The van der Waals surface area contributed by atoms with Crippen LogP contribution in [0.25, 0.3) is 16.3 Å². The molecule has 0 atom stereocenters. The second kappa shape index (κ2) is 9.65. The average Bonchev–Trinajstić information content (AvgIpc) is 3.21. The van der Waals surface area contributed by atoms with Gasteiger partial charge in [0.2, 0.25) is 0 Å². The molecule has 164 valence electrons. The van der Waals surface area contributed by atoms with Crippen molar-refractivity contribution in [1.29, 1.82) is 0 Å².